The Labute approximate surface area is 175 Å². The number of aliphatic imine (C=N–C) groups is 1. The second-order valence-electron chi connectivity index (χ2n) is 7.83. The molecule has 29 heavy (non-hydrogen) atoms. The summed E-state index contributed by atoms with van der Waals surface area (Å²) in [5, 5.41) is 0. The Morgan fingerprint density at radius 2 is 1.72 bits per heavy atom. The summed E-state index contributed by atoms with van der Waals surface area (Å²) in [5.41, 5.74) is 5.18. The fraction of sp³-hybridized carbons (Fsp3) is 0.480. The van der Waals surface area contributed by atoms with Crippen LogP contribution in [-0.2, 0) is 0 Å². The molecule has 2 aromatic rings. The first-order chi connectivity index (χ1) is 14.3. The van der Waals surface area contributed by atoms with Crippen molar-refractivity contribution in [2.45, 2.75) is 71.1 Å². The molecule has 0 atom stereocenters. The molecule has 0 radical (unpaired) electrons. The van der Waals surface area contributed by atoms with Crippen LogP contribution in [0, 0.1) is 0 Å². The predicted octanol–water partition coefficient (Wildman–Crippen LogP) is 7.29. The van der Waals surface area contributed by atoms with E-state index in [2.05, 4.69) is 35.1 Å². The van der Waals surface area contributed by atoms with Gasteiger partial charge >= 0.3 is 0 Å². The van der Waals surface area contributed by atoms with E-state index in [1.54, 1.807) is 7.11 Å². The molecule has 2 aromatic heterocycles. The molecule has 0 aliphatic carbocycles. The van der Waals surface area contributed by atoms with Gasteiger partial charge in [-0.15, -0.1) is 0 Å². The third-order valence-electron chi connectivity index (χ3n) is 5.47. The van der Waals surface area contributed by atoms with Crippen LogP contribution < -0.4 is 4.74 Å². The van der Waals surface area contributed by atoms with Crippen molar-refractivity contribution < 1.29 is 4.74 Å². The molecule has 1 aliphatic rings. The van der Waals surface area contributed by atoms with Gasteiger partial charge in [-0.3, -0.25) is 4.99 Å². The summed E-state index contributed by atoms with van der Waals surface area (Å²) < 4.78 is 5.53. The summed E-state index contributed by atoms with van der Waals surface area (Å²) >= 11 is 0. The number of aromatic nitrogens is 2. The van der Waals surface area contributed by atoms with Crippen molar-refractivity contribution in [2.75, 3.05) is 7.11 Å². The maximum Gasteiger partial charge on any atom is 0.144 e. The van der Waals surface area contributed by atoms with Crippen LogP contribution in [0.1, 0.15) is 76.8 Å². The molecule has 0 unspecified atom stereocenters. The number of aromatic amines is 2. The van der Waals surface area contributed by atoms with Crippen LogP contribution >= 0.6 is 0 Å². The molecule has 0 amide bonds. The number of ether oxygens (including phenoxy) is 1. The first-order valence-electron chi connectivity index (χ1n) is 11.2. The number of methoxy groups -OCH3 is 1. The maximum absolute atomic E-state index is 5.53. The summed E-state index contributed by atoms with van der Waals surface area (Å²) in [5.74, 6) is 0.832. The van der Waals surface area contributed by atoms with Crippen LogP contribution in [-0.4, -0.2) is 22.8 Å². The van der Waals surface area contributed by atoms with Crippen molar-refractivity contribution in [3.8, 4) is 17.1 Å². The second kappa shape index (κ2) is 11.5. The van der Waals surface area contributed by atoms with Crippen molar-refractivity contribution >= 4 is 11.8 Å². The highest BCUT2D eigenvalue weighted by Gasteiger charge is 2.11. The fourth-order valence-electron chi connectivity index (χ4n) is 3.78. The Balaban J connectivity index is 1.45. The number of nitrogens with one attached hydrogen (secondary N) is 2. The molecule has 4 nitrogen and oxygen atoms in total. The van der Waals surface area contributed by atoms with E-state index in [0.29, 0.717) is 0 Å². The fourth-order valence-corrected chi connectivity index (χ4v) is 3.78. The molecule has 3 heterocycles. The van der Waals surface area contributed by atoms with Gasteiger partial charge in [-0.25, -0.2) is 0 Å². The second-order valence-corrected chi connectivity index (χ2v) is 7.83. The van der Waals surface area contributed by atoms with Gasteiger partial charge in [-0.05, 0) is 43.2 Å². The molecular formula is C25H35N3O. The number of unbranched alkanes of at least 4 members (excludes halogenated alkanes) is 8. The zero-order valence-electron chi connectivity index (χ0n) is 18.0. The molecule has 0 saturated carbocycles. The largest absolute Gasteiger partial charge is 0.494 e. The van der Waals surface area contributed by atoms with Crippen LogP contribution in [0.15, 0.2) is 47.2 Å². The van der Waals surface area contributed by atoms with Crippen LogP contribution in [0.25, 0.3) is 17.5 Å². The molecule has 156 valence electrons. The molecule has 0 bridgehead atoms. The van der Waals surface area contributed by atoms with Crippen LogP contribution in [0.2, 0.25) is 0 Å². The number of nitrogens with zero attached hydrogens (tertiary/aromatic N) is 1. The molecule has 0 saturated heterocycles. The van der Waals surface area contributed by atoms with E-state index in [1.165, 1.54) is 63.5 Å². The summed E-state index contributed by atoms with van der Waals surface area (Å²) in [4.78, 5) is 11.4. The third-order valence-corrected chi connectivity index (χ3v) is 5.47. The number of rotatable bonds is 13. The van der Waals surface area contributed by atoms with Gasteiger partial charge in [-0.2, -0.15) is 0 Å². The quantitative estimate of drug-likeness (QED) is 0.345. The van der Waals surface area contributed by atoms with Gasteiger partial charge in [0, 0.05) is 18.0 Å². The third kappa shape index (κ3) is 6.52. The summed E-state index contributed by atoms with van der Waals surface area (Å²) in [7, 11) is 1.70. The monoisotopic (exact) mass is 393 g/mol. The zero-order chi connectivity index (χ0) is 20.3. The molecule has 2 N–H and O–H groups in total. The molecule has 0 spiro atoms. The van der Waals surface area contributed by atoms with Gasteiger partial charge in [0.15, 0.2) is 0 Å². The molecule has 0 fully saturated rings. The summed E-state index contributed by atoms with van der Waals surface area (Å²) in [6.07, 6.45) is 21.5. The molecule has 3 rings (SSSR count). The van der Waals surface area contributed by atoms with Crippen LogP contribution in [0.3, 0.4) is 0 Å². The summed E-state index contributed by atoms with van der Waals surface area (Å²) in [6.45, 7) is 2.27. The minimum absolute atomic E-state index is 0.832. The number of hydrogen-bond acceptors (Lipinski definition) is 2. The normalized spacial score (nSPS) is 14.7. The molecular weight excluding hydrogens is 358 g/mol. The summed E-state index contributed by atoms with van der Waals surface area (Å²) in [6, 6.07) is 6.05. The van der Waals surface area contributed by atoms with Crippen molar-refractivity contribution in [1.82, 2.24) is 9.97 Å². The highest BCUT2D eigenvalue weighted by Crippen LogP contribution is 2.29. The zero-order valence-corrected chi connectivity index (χ0v) is 18.0. The molecule has 1 aliphatic heterocycles. The maximum atomic E-state index is 5.53. The van der Waals surface area contributed by atoms with Gasteiger partial charge in [0.05, 0.1) is 29.9 Å². The van der Waals surface area contributed by atoms with Crippen LogP contribution in [0.5, 0.6) is 5.75 Å². The number of hydrogen-bond donors (Lipinski definition) is 2. The van der Waals surface area contributed by atoms with Gasteiger partial charge in [-0.1, -0.05) is 58.3 Å². The van der Waals surface area contributed by atoms with Gasteiger partial charge in [0.2, 0.25) is 0 Å². The standard InChI is InChI=1S/C25H35N3O/c1-3-4-5-6-7-8-9-10-11-13-20-15-16-21(27-20)18-24-25(29-2)19-23(28-24)22-14-12-17-26-22/h12,14-19,26,28H,3-11,13H2,1-2H3/b21-18+. The topological polar surface area (TPSA) is 53.2 Å². The Kier molecular flexibility index (Phi) is 8.41. The lowest BCUT2D eigenvalue weighted by molar-refractivity contribution is 0.414. The average molecular weight is 394 g/mol. The van der Waals surface area contributed by atoms with E-state index >= 15 is 0 Å². The Hall–Kier alpha value is -2.49. The lowest BCUT2D eigenvalue weighted by Gasteiger charge is -2.02. The van der Waals surface area contributed by atoms with Crippen molar-refractivity contribution in [3.63, 3.8) is 0 Å². The Morgan fingerprint density at radius 3 is 2.41 bits per heavy atom. The lowest BCUT2D eigenvalue weighted by Crippen LogP contribution is -1.90. The Bertz CT molecular complexity index is 824. The van der Waals surface area contributed by atoms with E-state index in [0.717, 1.165) is 34.9 Å². The highest BCUT2D eigenvalue weighted by molar-refractivity contribution is 5.99. The van der Waals surface area contributed by atoms with Gasteiger partial charge in [0.25, 0.3) is 0 Å². The first-order valence-corrected chi connectivity index (χ1v) is 11.2. The number of H-pyrrole nitrogens is 2. The average Bonchev–Trinajstić information content (AvgIpc) is 3.48. The first kappa shape index (κ1) is 21.2. The smallest absolute Gasteiger partial charge is 0.144 e. The lowest BCUT2D eigenvalue weighted by atomic mass is 10.1. The van der Waals surface area contributed by atoms with Gasteiger partial charge < -0.3 is 14.7 Å². The van der Waals surface area contributed by atoms with Crippen molar-refractivity contribution in [3.05, 3.63) is 47.9 Å². The van der Waals surface area contributed by atoms with Gasteiger partial charge in [0.1, 0.15) is 5.75 Å². The number of allylic oxidation sites excluding steroid dienone is 2. The van der Waals surface area contributed by atoms with E-state index in [4.69, 9.17) is 9.73 Å². The van der Waals surface area contributed by atoms with Crippen molar-refractivity contribution in [2.24, 2.45) is 4.99 Å². The SMILES string of the molecule is CCCCCCCCCCCC1=N/C(=C/c2[nH]c(-c3ccc[nH]3)cc2OC)C=C1. The Morgan fingerprint density at radius 1 is 0.966 bits per heavy atom. The van der Waals surface area contributed by atoms with E-state index in [9.17, 15) is 0 Å². The molecule has 0 aromatic carbocycles. The minimum Gasteiger partial charge on any atom is -0.494 e. The minimum atomic E-state index is 0.832. The van der Waals surface area contributed by atoms with Crippen molar-refractivity contribution in [1.29, 1.82) is 0 Å². The van der Waals surface area contributed by atoms with E-state index in [-0.39, 0.29) is 0 Å². The van der Waals surface area contributed by atoms with E-state index in [1.807, 2.05) is 24.4 Å². The predicted molar refractivity (Wildman–Crippen MR) is 124 cm³/mol. The van der Waals surface area contributed by atoms with Crippen LogP contribution in [0.4, 0.5) is 0 Å². The van der Waals surface area contributed by atoms with E-state index < -0.39 is 0 Å². The molecule has 4 heteroatoms. The highest BCUT2D eigenvalue weighted by atomic mass is 16.5.